The van der Waals surface area contributed by atoms with Crippen LogP contribution in [0.3, 0.4) is 0 Å². The first-order valence-corrected chi connectivity index (χ1v) is 11.4. The van der Waals surface area contributed by atoms with Gasteiger partial charge in [-0.2, -0.15) is 0 Å². The van der Waals surface area contributed by atoms with Crippen molar-refractivity contribution in [1.82, 2.24) is 4.90 Å². The maximum atomic E-state index is 6.48. The molecule has 1 saturated heterocycles. The molecule has 2 aliphatic heterocycles. The maximum absolute atomic E-state index is 6.48. The Labute approximate surface area is 181 Å². The molecule has 0 N–H and O–H groups in total. The fourth-order valence-electron chi connectivity index (χ4n) is 4.68. The third-order valence-electron chi connectivity index (χ3n) is 6.01. The molecule has 3 unspecified atom stereocenters. The Bertz CT molecular complexity index is 1010. The summed E-state index contributed by atoms with van der Waals surface area (Å²) in [6, 6.07) is 26.4. The summed E-state index contributed by atoms with van der Waals surface area (Å²) in [5.74, 6) is 0. The summed E-state index contributed by atoms with van der Waals surface area (Å²) in [5, 5.41) is 0.804. The first kappa shape index (κ1) is 19.2. The second-order valence-electron chi connectivity index (χ2n) is 7.78. The number of morpholine rings is 1. The lowest BCUT2D eigenvalue weighted by Crippen LogP contribution is -2.46. The van der Waals surface area contributed by atoms with Gasteiger partial charge in [0, 0.05) is 27.4 Å². The van der Waals surface area contributed by atoms with Crippen LogP contribution in [-0.2, 0) is 11.2 Å². The molecule has 0 spiro atoms. The average Bonchev–Trinajstić information content (AvgIpc) is 2.90. The summed E-state index contributed by atoms with van der Waals surface area (Å²) in [7, 11) is 0. The van der Waals surface area contributed by atoms with Crippen LogP contribution in [0.25, 0.3) is 0 Å². The molecule has 2 aliphatic rings. The van der Waals surface area contributed by atoms with Gasteiger partial charge in [-0.05, 0) is 54.3 Å². The lowest BCUT2D eigenvalue weighted by atomic mass is 9.91. The van der Waals surface area contributed by atoms with Crippen molar-refractivity contribution in [3.63, 3.8) is 0 Å². The second kappa shape index (κ2) is 8.16. The van der Waals surface area contributed by atoms with E-state index in [2.05, 4.69) is 78.6 Å². The van der Waals surface area contributed by atoms with E-state index < -0.39 is 0 Å². The lowest BCUT2D eigenvalue weighted by Gasteiger charge is -2.45. The van der Waals surface area contributed by atoms with Gasteiger partial charge < -0.3 is 4.74 Å². The highest BCUT2D eigenvalue weighted by Gasteiger charge is 2.37. The summed E-state index contributed by atoms with van der Waals surface area (Å²) in [6.45, 7) is 3.86. The fourth-order valence-corrected chi connectivity index (χ4v) is 5.98. The Morgan fingerprint density at radius 1 is 0.966 bits per heavy atom. The standard InChI is InChI=1S/C25H24ClNOS/c1-17-25(18-7-3-2-4-8-18)27(13-14-28-17)22-15-19-9-5-6-10-23(19)29-24-12-11-20(26)16-21(22)24/h2-12,16-17,22,25H,13-15H2,1H3. The molecule has 1 fully saturated rings. The number of rotatable bonds is 2. The summed E-state index contributed by atoms with van der Waals surface area (Å²) in [4.78, 5) is 5.29. The van der Waals surface area contributed by atoms with E-state index in [0.717, 1.165) is 24.6 Å². The van der Waals surface area contributed by atoms with Crippen LogP contribution >= 0.6 is 23.4 Å². The number of ether oxygens (including phenoxy) is 1. The predicted molar refractivity (Wildman–Crippen MR) is 120 cm³/mol. The number of benzene rings is 3. The molecule has 29 heavy (non-hydrogen) atoms. The molecule has 0 aromatic heterocycles. The van der Waals surface area contributed by atoms with Gasteiger partial charge in [-0.1, -0.05) is 71.9 Å². The predicted octanol–water partition coefficient (Wildman–Crippen LogP) is 6.55. The van der Waals surface area contributed by atoms with Crippen LogP contribution in [0.15, 0.2) is 82.6 Å². The molecule has 148 valence electrons. The fraction of sp³-hybridized carbons (Fsp3) is 0.280. The first-order valence-electron chi connectivity index (χ1n) is 10.2. The molecular weight excluding hydrogens is 398 g/mol. The van der Waals surface area contributed by atoms with Crippen molar-refractivity contribution in [1.29, 1.82) is 0 Å². The SMILES string of the molecule is CC1OCCN(C2Cc3ccccc3Sc3ccc(Cl)cc32)C1c1ccccc1. The van der Waals surface area contributed by atoms with Crippen molar-refractivity contribution in [3.05, 3.63) is 94.5 Å². The van der Waals surface area contributed by atoms with E-state index >= 15 is 0 Å². The molecule has 0 amide bonds. The number of hydrogen-bond donors (Lipinski definition) is 0. The lowest BCUT2D eigenvalue weighted by molar-refractivity contribution is -0.0811. The van der Waals surface area contributed by atoms with Crippen molar-refractivity contribution in [2.24, 2.45) is 0 Å². The van der Waals surface area contributed by atoms with Gasteiger partial charge in [0.25, 0.3) is 0 Å². The van der Waals surface area contributed by atoms with E-state index in [1.165, 1.54) is 26.5 Å². The zero-order chi connectivity index (χ0) is 19.8. The van der Waals surface area contributed by atoms with E-state index in [-0.39, 0.29) is 18.2 Å². The van der Waals surface area contributed by atoms with Gasteiger partial charge >= 0.3 is 0 Å². The van der Waals surface area contributed by atoms with Gasteiger partial charge in [0.2, 0.25) is 0 Å². The Balaban J connectivity index is 1.63. The van der Waals surface area contributed by atoms with E-state index in [1.54, 1.807) is 0 Å². The highest BCUT2D eigenvalue weighted by Crippen LogP contribution is 2.46. The molecule has 3 aromatic carbocycles. The minimum atomic E-state index is 0.139. The topological polar surface area (TPSA) is 12.5 Å². The van der Waals surface area contributed by atoms with Crippen LogP contribution < -0.4 is 0 Å². The summed E-state index contributed by atoms with van der Waals surface area (Å²) >= 11 is 8.34. The van der Waals surface area contributed by atoms with Crippen LogP contribution in [-0.4, -0.2) is 24.2 Å². The van der Waals surface area contributed by atoms with Gasteiger partial charge in [0.05, 0.1) is 18.8 Å². The smallest absolute Gasteiger partial charge is 0.0744 e. The number of fused-ring (bicyclic) bond motifs is 2. The van der Waals surface area contributed by atoms with E-state index in [1.807, 2.05) is 17.8 Å². The van der Waals surface area contributed by atoms with Gasteiger partial charge in [-0.3, -0.25) is 4.90 Å². The van der Waals surface area contributed by atoms with Crippen molar-refractivity contribution < 1.29 is 4.74 Å². The van der Waals surface area contributed by atoms with Gasteiger partial charge in [0.15, 0.2) is 0 Å². The average molecular weight is 422 g/mol. The highest BCUT2D eigenvalue weighted by molar-refractivity contribution is 7.99. The molecule has 2 nitrogen and oxygen atoms in total. The third-order valence-corrected chi connectivity index (χ3v) is 7.46. The zero-order valence-electron chi connectivity index (χ0n) is 16.4. The van der Waals surface area contributed by atoms with Crippen LogP contribution in [0.1, 0.15) is 35.7 Å². The molecular formula is C25H24ClNOS. The molecule has 0 radical (unpaired) electrons. The van der Waals surface area contributed by atoms with Crippen LogP contribution in [0.5, 0.6) is 0 Å². The van der Waals surface area contributed by atoms with Crippen molar-refractivity contribution in [2.75, 3.05) is 13.2 Å². The summed E-state index contributed by atoms with van der Waals surface area (Å²) in [6.07, 6.45) is 1.12. The quantitative estimate of drug-likeness (QED) is 0.465. The Kier molecular flexibility index (Phi) is 5.40. The Hall–Kier alpha value is -1.78. The van der Waals surface area contributed by atoms with Crippen LogP contribution in [0.4, 0.5) is 0 Å². The van der Waals surface area contributed by atoms with Crippen LogP contribution in [0, 0.1) is 0 Å². The molecule has 0 saturated carbocycles. The van der Waals surface area contributed by atoms with E-state index in [4.69, 9.17) is 16.3 Å². The number of nitrogens with zero attached hydrogens (tertiary/aromatic N) is 1. The molecule has 0 bridgehead atoms. The number of hydrogen-bond acceptors (Lipinski definition) is 3. The molecule has 3 aromatic rings. The summed E-state index contributed by atoms with van der Waals surface area (Å²) in [5.41, 5.74) is 4.04. The first-order chi connectivity index (χ1) is 14.2. The van der Waals surface area contributed by atoms with E-state index in [0.29, 0.717) is 0 Å². The van der Waals surface area contributed by atoms with Gasteiger partial charge in [-0.25, -0.2) is 0 Å². The van der Waals surface area contributed by atoms with Gasteiger partial charge in [-0.15, -0.1) is 0 Å². The Morgan fingerprint density at radius 2 is 1.76 bits per heavy atom. The van der Waals surface area contributed by atoms with E-state index in [9.17, 15) is 0 Å². The normalized spacial score (nSPS) is 24.4. The minimum Gasteiger partial charge on any atom is -0.375 e. The number of halogens is 1. The molecule has 3 atom stereocenters. The Morgan fingerprint density at radius 3 is 2.62 bits per heavy atom. The third kappa shape index (κ3) is 3.73. The van der Waals surface area contributed by atoms with Crippen molar-refractivity contribution >= 4 is 23.4 Å². The molecule has 5 rings (SSSR count). The monoisotopic (exact) mass is 421 g/mol. The minimum absolute atomic E-state index is 0.139. The zero-order valence-corrected chi connectivity index (χ0v) is 18.0. The van der Waals surface area contributed by atoms with Crippen molar-refractivity contribution in [3.8, 4) is 0 Å². The second-order valence-corrected chi connectivity index (χ2v) is 9.30. The van der Waals surface area contributed by atoms with Crippen LogP contribution in [0.2, 0.25) is 5.02 Å². The van der Waals surface area contributed by atoms with Gasteiger partial charge in [0.1, 0.15) is 0 Å². The largest absolute Gasteiger partial charge is 0.375 e. The summed E-state index contributed by atoms with van der Waals surface area (Å²) < 4.78 is 6.11. The van der Waals surface area contributed by atoms with Crippen molar-refractivity contribution in [2.45, 2.75) is 41.3 Å². The molecule has 2 heterocycles. The maximum Gasteiger partial charge on any atom is 0.0744 e. The molecule has 0 aliphatic carbocycles. The highest BCUT2D eigenvalue weighted by atomic mass is 35.5. The molecule has 4 heteroatoms.